The fraction of sp³-hybridized carbons (Fsp3) is 0.235. The van der Waals surface area contributed by atoms with Gasteiger partial charge in [-0.2, -0.15) is 4.98 Å². The Bertz CT molecular complexity index is 874. The molecule has 7 nitrogen and oxygen atoms in total. The molecule has 0 amide bonds. The maximum atomic E-state index is 11.0. The Balaban J connectivity index is 1.97. The maximum Gasteiger partial charge on any atom is 0.224 e. The molecule has 24 heavy (non-hydrogen) atoms. The van der Waals surface area contributed by atoms with Crippen LogP contribution in [0.15, 0.2) is 42.7 Å². The van der Waals surface area contributed by atoms with E-state index >= 15 is 0 Å². The van der Waals surface area contributed by atoms with Crippen LogP contribution < -0.4 is 16.2 Å². The topological polar surface area (TPSA) is 109 Å². The van der Waals surface area contributed by atoms with Gasteiger partial charge >= 0.3 is 0 Å². The predicted molar refractivity (Wildman–Crippen MR) is 89.8 cm³/mol. The summed E-state index contributed by atoms with van der Waals surface area (Å²) in [7, 11) is 0. The molecule has 124 valence electrons. The van der Waals surface area contributed by atoms with E-state index in [0.717, 1.165) is 16.7 Å². The zero-order valence-corrected chi connectivity index (χ0v) is 13.3. The number of rotatable bonds is 6. The number of anilines is 1. The fourth-order valence-corrected chi connectivity index (χ4v) is 2.52. The molecule has 0 saturated carbocycles. The molecule has 1 atom stereocenters. The van der Waals surface area contributed by atoms with Crippen molar-refractivity contribution < 1.29 is 9.90 Å². The second-order valence-electron chi connectivity index (χ2n) is 5.50. The molecule has 7 heteroatoms. The molecule has 0 aliphatic rings. The molecule has 0 saturated heterocycles. The van der Waals surface area contributed by atoms with Gasteiger partial charge in [0, 0.05) is 42.8 Å². The molecule has 0 spiro atoms. The monoisotopic (exact) mass is 324 g/mol. The highest BCUT2D eigenvalue weighted by atomic mass is 16.4. The van der Waals surface area contributed by atoms with E-state index in [9.17, 15) is 9.90 Å². The molecule has 2 aromatic heterocycles. The van der Waals surface area contributed by atoms with Crippen LogP contribution in [-0.2, 0) is 4.79 Å². The Morgan fingerprint density at radius 3 is 2.96 bits per heavy atom. The smallest absolute Gasteiger partial charge is 0.224 e. The summed E-state index contributed by atoms with van der Waals surface area (Å²) in [5.41, 5.74) is 7.13. The van der Waals surface area contributed by atoms with Crippen LogP contribution in [0.25, 0.3) is 16.7 Å². The van der Waals surface area contributed by atoms with Gasteiger partial charge in [0.25, 0.3) is 0 Å². The van der Waals surface area contributed by atoms with Crippen molar-refractivity contribution in [3.63, 3.8) is 0 Å². The standard InChI is InChI=1S/C17H19N5O2/c1-11(16(23)24)12-2-3-14-13(10-12)5-9-22(14)15-4-7-19-17(21-15)20-8-6-18/h2-5,7,9-11H,6,8,18H2,1H3,(H,23,24)(H,19,20,21)/p-1. The van der Waals surface area contributed by atoms with Gasteiger partial charge < -0.3 is 25.5 Å². The quantitative estimate of drug-likeness (QED) is 0.689. The zero-order chi connectivity index (χ0) is 17.1. The van der Waals surface area contributed by atoms with Crippen LogP contribution in [0.4, 0.5) is 5.95 Å². The minimum absolute atomic E-state index is 0.499. The minimum atomic E-state index is -1.08. The minimum Gasteiger partial charge on any atom is -0.550 e. The molecule has 3 rings (SSSR count). The van der Waals surface area contributed by atoms with Gasteiger partial charge in [-0.05, 0) is 29.8 Å². The first-order valence-electron chi connectivity index (χ1n) is 7.69. The Morgan fingerprint density at radius 2 is 2.21 bits per heavy atom. The van der Waals surface area contributed by atoms with E-state index in [4.69, 9.17) is 5.73 Å². The first-order valence-corrected chi connectivity index (χ1v) is 7.69. The summed E-state index contributed by atoms with van der Waals surface area (Å²) in [5, 5.41) is 15.0. The van der Waals surface area contributed by atoms with E-state index in [1.54, 1.807) is 19.2 Å². The molecule has 1 aromatic carbocycles. The average molecular weight is 324 g/mol. The molecular weight excluding hydrogens is 306 g/mol. The number of nitrogens with zero attached hydrogens (tertiary/aromatic N) is 3. The number of carbonyl (C=O) groups excluding carboxylic acids is 1. The summed E-state index contributed by atoms with van der Waals surface area (Å²) in [6.07, 6.45) is 3.58. The van der Waals surface area contributed by atoms with Gasteiger partial charge in [0.1, 0.15) is 5.82 Å². The first-order chi connectivity index (χ1) is 11.6. The van der Waals surface area contributed by atoms with Crippen LogP contribution in [0.5, 0.6) is 0 Å². The Kier molecular flexibility index (Phi) is 4.43. The molecule has 2 heterocycles. The van der Waals surface area contributed by atoms with E-state index in [0.29, 0.717) is 24.6 Å². The molecular formula is C17H18N5O2-. The second kappa shape index (κ2) is 6.67. The number of carboxylic acid groups (broad SMARTS) is 1. The van der Waals surface area contributed by atoms with Crippen molar-refractivity contribution in [1.82, 2.24) is 14.5 Å². The maximum absolute atomic E-state index is 11.0. The third-order valence-corrected chi connectivity index (χ3v) is 3.88. The van der Waals surface area contributed by atoms with Gasteiger partial charge in [0.05, 0.1) is 5.52 Å². The number of hydrogen-bond donors (Lipinski definition) is 2. The first kappa shape index (κ1) is 15.9. The van der Waals surface area contributed by atoms with Crippen molar-refractivity contribution >= 4 is 22.8 Å². The summed E-state index contributed by atoms with van der Waals surface area (Å²) in [6.45, 7) is 2.72. The number of nitrogens with two attached hydrogens (primary N) is 1. The van der Waals surface area contributed by atoms with Gasteiger partial charge in [-0.25, -0.2) is 4.98 Å². The summed E-state index contributed by atoms with van der Waals surface area (Å²) in [5.74, 6) is -0.494. The Labute approximate surface area is 139 Å². The summed E-state index contributed by atoms with van der Waals surface area (Å²) >= 11 is 0. The Morgan fingerprint density at radius 1 is 1.38 bits per heavy atom. The molecule has 0 fully saturated rings. The highest BCUT2D eigenvalue weighted by molar-refractivity contribution is 5.84. The van der Waals surface area contributed by atoms with E-state index in [1.807, 2.05) is 35.0 Å². The molecule has 0 aliphatic heterocycles. The summed E-state index contributed by atoms with van der Waals surface area (Å²) in [6, 6.07) is 9.29. The molecule has 0 radical (unpaired) electrons. The van der Waals surface area contributed by atoms with E-state index < -0.39 is 11.9 Å². The van der Waals surface area contributed by atoms with Crippen LogP contribution >= 0.6 is 0 Å². The van der Waals surface area contributed by atoms with Gasteiger partial charge in [-0.1, -0.05) is 13.0 Å². The van der Waals surface area contributed by atoms with Crippen LogP contribution in [-0.4, -0.2) is 33.6 Å². The van der Waals surface area contributed by atoms with Crippen molar-refractivity contribution in [1.29, 1.82) is 0 Å². The van der Waals surface area contributed by atoms with Crippen molar-refractivity contribution in [3.8, 4) is 5.82 Å². The lowest BCUT2D eigenvalue weighted by Crippen LogP contribution is -2.27. The Hall–Kier alpha value is -2.93. The lowest BCUT2D eigenvalue weighted by molar-refractivity contribution is -0.307. The third kappa shape index (κ3) is 3.07. The van der Waals surface area contributed by atoms with Gasteiger partial charge in [-0.3, -0.25) is 0 Å². The molecule has 3 aromatic rings. The van der Waals surface area contributed by atoms with Crippen LogP contribution in [0, 0.1) is 0 Å². The van der Waals surface area contributed by atoms with Gasteiger partial charge in [-0.15, -0.1) is 0 Å². The number of fused-ring (bicyclic) bond motifs is 1. The van der Waals surface area contributed by atoms with Gasteiger partial charge in [0.2, 0.25) is 5.95 Å². The predicted octanol–water partition coefficient (Wildman–Crippen LogP) is 0.644. The number of carbonyl (C=O) groups is 1. The van der Waals surface area contributed by atoms with Crippen molar-refractivity contribution in [2.24, 2.45) is 5.73 Å². The van der Waals surface area contributed by atoms with Crippen LogP contribution in [0.3, 0.4) is 0 Å². The number of aromatic nitrogens is 3. The van der Waals surface area contributed by atoms with Gasteiger partial charge in [0.15, 0.2) is 0 Å². The molecule has 0 bridgehead atoms. The van der Waals surface area contributed by atoms with E-state index in [-0.39, 0.29) is 0 Å². The fourth-order valence-electron chi connectivity index (χ4n) is 2.52. The zero-order valence-electron chi connectivity index (χ0n) is 13.3. The summed E-state index contributed by atoms with van der Waals surface area (Å²) < 4.78 is 1.93. The lowest BCUT2D eigenvalue weighted by Gasteiger charge is -2.13. The van der Waals surface area contributed by atoms with E-state index in [2.05, 4.69) is 15.3 Å². The van der Waals surface area contributed by atoms with Crippen molar-refractivity contribution in [3.05, 3.63) is 48.3 Å². The third-order valence-electron chi connectivity index (χ3n) is 3.88. The van der Waals surface area contributed by atoms with E-state index in [1.165, 1.54) is 0 Å². The lowest BCUT2D eigenvalue weighted by atomic mass is 10.0. The van der Waals surface area contributed by atoms with Crippen molar-refractivity contribution in [2.45, 2.75) is 12.8 Å². The molecule has 0 aliphatic carbocycles. The molecule has 1 unspecified atom stereocenters. The number of carboxylic acids is 1. The number of hydrogen-bond acceptors (Lipinski definition) is 6. The number of nitrogens with one attached hydrogen (secondary N) is 1. The highest BCUT2D eigenvalue weighted by Gasteiger charge is 2.10. The molecule has 3 N–H and O–H groups in total. The van der Waals surface area contributed by atoms with Crippen LogP contribution in [0.2, 0.25) is 0 Å². The second-order valence-corrected chi connectivity index (χ2v) is 5.50. The van der Waals surface area contributed by atoms with Crippen molar-refractivity contribution in [2.75, 3.05) is 18.4 Å². The van der Waals surface area contributed by atoms with Crippen LogP contribution in [0.1, 0.15) is 18.4 Å². The normalized spacial score (nSPS) is 12.2. The number of aliphatic carboxylic acids is 1. The largest absolute Gasteiger partial charge is 0.550 e. The SMILES string of the molecule is CC(C(=O)[O-])c1ccc2c(ccn2-c2ccnc(NCCN)n2)c1. The number of benzene rings is 1. The highest BCUT2D eigenvalue weighted by Crippen LogP contribution is 2.24. The summed E-state index contributed by atoms with van der Waals surface area (Å²) in [4.78, 5) is 19.7. The average Bonchev–Trinajstić information content (AvgIpc) is 3.02.